The molecule has 0 bridgehead atoms. The molecule has 0 amide bonds. The second kappa shape index (κ2) is 3.60. The van der Waals surface area contributed by atoms with Crippen molar-refractivity contribution in [3.63, 3.8) is 0 Å². The molecule has 0 aliphatic heterocycles. The average molecular weight is 180 g/mol. The summed E-state index contributed by atoms with van der Waals surface area (Å²) >= 11 is 0. The van der Waals surface area contributed by atoms with Crippen LogP contribution in [0.15, 0.2) is 6.20 Å². The van der Waals surface area contributed by atoms with Crippen molar-refractivity contribution in [2.24, 2.45) is 5.73 Å². The van der Waals surface area contributed by atoms with Crippen molar-refractivity contribution >= 4 is 5.84 Å². The summed E-state index contributed by atoms with van der Waals surface area (Å²) in [6.07, 6.45) is 2.46. The van der Waals surface area contributed by atoms with E-state index in [0.29, 0.717) is 12.5 Å². The lowest BCUT2D eigenvalue weighted by atomic mass is 10.2. The van der Waals surface area contributed by atoms with E-state index in [1.165, 1.54) is 0 Å². The average Bonchev–Trinajstić information content (AvgIpc) is 2.31. The Hall–Kier alpha value is -1.32. The molecular weight excluding hydrogens is 164 g/mol. The smallest absolute Gasteiger partial charge is 0.0951 e. The number of nitrogens with zero attached hydrogens (tertiary/aromatic N) is 2. The summed E-state index contributed by atoms with van der Waals surface area (Å²) in [6, 6.07) is 0.361. The van der Waals surface area contributed by atoms with E-state index in [1.807, 2.05) is 17.8 Å². The predicted molar refractivity (Wildman–Crippen MR) is 53.0 cm³/mol. The first-order chi connectivity index (χ1) is 6.00. The minimum Gasteiger partial charge on any atom is -0.387 e. The van der Waals surface area contributed by atoms with Crippen LogP contribution in [0.5, 0.6) is 0 Å². The van der Waals surface area contributed by atoms with Crippen molar-refractivity contribution in [2.45, 2.75) is 33.2 Å². The van der Waals surface area contributed by atoms with E-state index in [1.54, 1.807) is 0 Å². The molecule has 0 fully saturated rings. The molecule has 0 saturated heterocycles. The van der Waals surface area contributed by atoms with E-state index in [9.17, 15) is 0 Å². The molecule has 0 radical (unpaired) electrons. The number of nitrogens with two attached hydrogens (primary N) is 1. The maximum absolute atomic E-state index is 7.19. The number of amidine groups is 1. The molecule has 0 atom stereocenters. The monoisotopic (exact) mass is 180 g/mol. The van der Waals surface area contributed by atoms with Crippen molar-refractivity contribution in [1.82, 2.24) is 9.78 Å². The minimum atomic E-state index is 0.186. The molecule has 1 heterocycles. The summed E-state index contributed by atoms with van der Waals surface area (Å²) < 4.78 is 1.90. The molecule has 0 aliphatic carbocycles. The highest BCUT2D eigenvalue weighted by Gasteiger charge is 2.07. The molecular formula is C9H16N4. The van der Waals surface area contributed by atoms with Gasteiger partial charge in [-0.1, -0.05) is 0 Å². The topological polar surface area (TPSA) is 67.7 Å². The first-order valence-electron chi connectivity index (χ1n) is 4.38. The van der Waals surface area contributed by atoms with Crippen molar-refractivity contribution in [3.05, 3.63) is 17.5 Å². The largest absolute Gasteiger partial charge is 0.387 e. The van der Waals surface area contributed by atoms with Crippen LogP contribution >= 0.6 is 0 Å². The summed E-state index contributed by atoms with van der Waals surface area (Å²) in [5.41, 5.74) is 7.33. The predicted octanol–water partition coefficient (Wildman–Crippen LogP) is 1.25. The van der Waals surface area contributed by atoms with Crippen LogP contribution in [-0.4, -0.2) is 15.6 Å². The van der Waals surface area contributed by atoms with Crippen molar-refractivity contribution in [1.29, 1.82) is 5.41 Å². The maximum atomic E-state index is 7.19. The standard InChI is InChI=1S/C9H16N4/c1-6(2)13-5-8(4-9(10)11)7(3)12-13/h5-6H,4H2,1-3H3,(H3,10,11). The van der Waals surface area contributed by atoms with Crippen LogP contribution in [-0.2, 0) is 6.42 Å². The van der Waals surface area contributed by atoms with Gasteiger partial charge in [-0.3, -0.25) is 10.1 Å². The summed E-state index contributed by atoms with van der Waals surface area (Å²) in [7, 11) is 0. The molecule has 3 N–H and O–H groups in total. The molecule has 1 aromatic rings. The van der Waals surface area contributed by atoms with Crippen molar-refractivity contribution < 1.29 is 0 Å². The quantitative estimate of drug-likeness (QED) is 0.543. The third kappa shape index (κ3) is 2.31. The number of nitrogens with one attached hydrogen (secondary N) is 1. The first-order valence-corrected chi connectivity index (χ1v) is 4.38. The van der Waals surface area contributed by atoms with Gasteiger partial charge in [0.1, 0.15) is 0 Å². The highest BCUT2D eigenvalue weighted by molar-refractivity contribution is 5.79. The van der Waals surface area contributed by atoms with E-state index in [0.717, 1.165) is 11.3 Å². The van der Waals surface area contributed by atoms with Crippen molar-refractivity contribution in [3.8, 4) is 0 Å². The van der Waals surface area contributed by atoms with Gasteiger partial charge >= 0.3 is 0 Å². The van der Waals surface area contributed by atoms with Crippen molar-refractivity contribution in [2.75, 3.05) is 0 Å². The van der Waals surface area contributed by atoms with Gasteiger partial charge in [0.15, 0.2) is 0 Å². The maximum Gasteiger partial charge on any atom is 0.0951 e. The third-order valence-electron chi connectivity index (χ3n) is 1.93. The molecule has 13 heavy (non-hydrogen) atoms. The van der Waals surface area contributed by atoms with Gasteiger partial charge < -0.3 is 5.73 Å². The summed E-state index contributed by atoms with van der Waals surface area (Å²) in [4.78, 5) is 0. The molecule has 0 unspecified atom stereocenters. The lowest BCUT2D eigenvalue weighted by Crippen LogP contribution is -2.12. The zero-order valence-electron chi connectivity index (χ0n) is 8.33. The molecule has 4 heteroatoms. The van der Waals surface area contributed by atoms with E-state index in [2.05, 4.69) is 18.9 Å². The van der Waals surface area contributed by atoms with E-state index in [4.69, 9.17) is 11.1 Å². The van der Waals surface area contributed by atoms with Crippen LogP contribution < -0.4 is 5.73 Å². The van der Waals surface area contributed by atoms with E-state index in [-0.39, 0.29) is 5.84 Å². The SMILES string of the molecule is Cc1nn(C(C)C)cc1CC(=N)N. The first kappa shape index (κ1) is 9.77. The molecule has 0 aliphatic rings. The van der Waals surface area contributed by atoms with Crippen LogP contribution in [0.2, 0.25) is 0 Å². The van der Waals surface area contributed by atoms with Crippen LogP contribution in [0.25, 0.3) is 0 Å². The molecule has 1 rings (SSSR count). The fourth-order valence-electron chi connectivity index (χ4n) is 1.16. The van der Waals surface area contributed by atoms with Gasteiger partial charge in [0, 0.05) is 24.2 Å². The second-order valence-corrected chi connectivity index (χ2v) is 3.52. The van der Waals surface area contributed by atoms with Gasteiger partial charge in [-0.05, 0) is 20.8 Å². The molecule has 1 aromatic heterocycles. The Labute approximate surface area is 78.3 Å². The lowest BCUT2D eigenvalue weighted by molar-refractivity contribution is 0.529. The molecule has 0 aromatic carbocycles. The van der Waals surface area contributed by atoms with Gasteiger partial charge in [0.25, 0.3) is 0 Å². The third-order valence-corrected chi connectivity index (χ3v) is 1.93. The fourth-order valence-corrected chi connectivity index (χ4v) is 1.16. The summed E-state index contributed by atoms with van der Waals surface area (Å²) in [6.45, 7) is 6.09. The molecule has 0 saturated carbocycles. The number of aryl methyl sites for hydroxylation is 1. The van der Waals surface area contributed by atoms with Crippen LogP contribution in [0.1, 0.15) is 31.1 Å². The Bertz CT molecular complexity index is 311. The summed E-state index contributed by atoms with van der Waals surface area (Å²) in [5.74, 6) is 0.186. The fraction of sp³-hybridized carbons (Fsp3) is 0.556. The van der Waals surface area contributed by atoms with E-state index < -0.39 is 0 Å². The van der Waals surface area contributed by atoms with Gasteiger partial charge in [0.2, 0.25) is 0 Å². The normalized spacial score (nSPS) is 10.8. The molecule has 0 spiro atoms. The van der Waals surface area contributed by atoms with E-state index >= 15 is 0 Å². The van der Waals surface area contributed by atoms with Gasteiger partial charge in [-0.25, -0.2) is 0 Å². The Morgan fingerprint density at radius 1 is 1.69 bits per heavy atom. The highest BCUT2D eigenvalue weighted by Crippen LogP contribution is 2.10. The second-order valence-electron chi connectivity index (χ2n) is 3.52. The molecule has 4 nitrogen and oxygen atoms in total. The Kier molecular flexibility index (Phi) is 2.70. The van der Waals surface area contributed by atoms with Gasteiger partial charge in [0.05, 0.1) is 11.5 Å². The number of aromatic nitrogens is 2. The number of rotatable bonds is 3. The minimum absolute atomic E-state index is 0.186. The highest BCUT2D eigenvalue weighted by atomic mass is 15.3. The van der Waals surface area contributed by atoms with Crippen LogP contribution in [0, 0.1) is 12.3 Å². The van der Waals surface area contributed by atoms with Crippen LogP contribution in [0.3, 0.4) is 0 Å². The zero-order chi connectivity index (χ0) is 10.0. The van der Waals surface area contributed by atoms with Crippen LogP contribution in [0.4, 0.5) is 0 Å². The van der Waals surface area contributed by atoms with Gasteiger partial charge in [-0.2, -0.15) is 5.10 Å². The Morgan fingerprint density at radius 2 is 2.31 bits per heavy atom. The summed E-state index contributed by atoms with van der Waals surface area (Å²) in [5, 5.41) is 11.5. The Balaban J connectivity index is 2.89. The van der Waals surface area contributed by atoms with Gasteiger partial charge in [-0.15, -0.1) is 0 Å². The number of hydrogen-bond donors (Lipinski definition) is 2. The number of hydrogen-bond acceptors (Lipinski definition) is 2. The molecule has 72 valence electrons. The zero-order valence-corrected chi connectivity index (χ0v) is 8.33. The Morgan fingerprint density at radius 3 is 2.69 bits per heavy atom. The lowest BCUT2D eigenvalue weighted by Gasteiger charge is -2.02.